The van der Waals surface area contributed by atoms with Gasteiger partial charge in [-0.25, -0.2) is 8.42 Å². The molecular weight excluding hydrogens is 398 g/mol. The van der Waals surface area contributed by atoms with Gasteiger partial charge < -0.3 is 10.2 Å². The average molecular weight is 433 g/mol. The first-order valence-corrected chi connectivity index (χ1v) is 11.9. The Balaban J connectivity index is 2.06. The third kappa shape index (κ3) is 6.14. The van der Waals surface area contributed by atoms with Gasteiger partial charge in [-0.05, 0) is 36.6 Å². The van der Waals surface area contributed by atoms with Crippen LogP contribution in [0.2, 0.25) is 0 Å². The number of quaternary nitrogens is 1. The lowest BCUT2D eigenvalue weighted by atomic mass is 10.1. The average Bonchev–Trinajstić information content (AvgIpc) is 2.70. The molecule has 6 nitrogen and oxygen atoms in total. The van der Waals surface area contributed by atoms with E-state index >= 15 is 0 Å². The minimum atomic E-state index is -3.57. The zero-order valence-corrected chi connectivity index (χ0v) is 19.5. The molecule has 2 aromatic carbocycles. The van der Waals surface area contributed by atoms with Gasteiger partial charge in [-0.1, -0.05) is 51.1 Å². The molecule has 2 aromatic rings. The molecule has 0 radical (unpaired) electrons. The van der Waals surface area contributed by atoms with Gasteiger partial charge >= 0.3 is 0 Å². The minimum absolute atomic E-state index is 0.141. The molecule has 7 heteroatoms. The van der Waals surface area contributed by atoms with Gasteiger partial charge in [0.05, 0.1) is 11.9 Å². The first-order chi connectivity index (χ1) is 14.2. The summed E-state index contributed by atoms with van der Waals surface area (Å²) < 4.78 is 27.0. The van der Waals surface area contributed by atoms with Crippen LogP contribution in [0.4, 0.5) is 5.69 Å². The molecule has 0 heterocycles. The van der Waals surface area contributed by atoms with Crippen LogP contribution in [0, 0.1) is 6.92 Å². The van der Waals surface area contributed by atoms with Gasteiger partial charge in [0.2, 0.25) is 10.0 Å². The van der Waals surface area contributed by atoms with E-state index in [0.29, 0.717) is 25.3 Å². The Bertz CT molecular complexity index is 952. The minimum Gasteiger partial charge on any atom is -0.326 e. The summed E-state index contributed by atoms with van der Waals surface area (Å²) in [7, 11) is -1.60. The molecule has 1 amide bonds. The van der Waals surface area contributed by atoms with E-state index in [4.69, 9.17) is 0 Å². The molecule has 1 atom stereocenters. The largest absolute Gasteiger partial charge is 0.326 e. The second-order valence-electron chi connectivity index (χ2n) is 7.59. The van der Waals surface area contributed by atoms with E-state index < -0.39 is 10.0 Å². The number of rotatable bonds is 10. The van der Waals surface area contributed by atoms with E-state index in [9.17, 15) is 13.2 Å². The Kier molecular flexibility index (Phi) is 8.58. The molecule has 1 unspecified atom stereocenters. The lowest BCUT2D eigenvalue weighted by Gasteiger charge is -2.20. The van der Waals surface area contributed by atoms with Gasteiger partial charge in [0.25, 0.3) is 5.91 Å². The number of likely N-dealkylation sites (N-methyl/N-ethyl adjacent to an activating group) is 1. The number of hydrogen-bond acceptors (Lipinski definition) is 3. The molecular formula is C23H34N3O3S+. The number of amides is 1. The molecule has 0 fully saturated rings. The van der Waals surface area contributed by atoms with Crippen molar-refractivity contribution >= 4 is 21.6 Å². The van der Waals surface area contributed by atoms with Crippen LogP contribution in [0.5, 0.6) is 0 Å². The van der Waals surface area contributed by atoms with Gasteiger partial charge in [0, 0.05) is 24.3 Å². The molecule has 2 N–H and O–H groups in total. The number of carbonyl (C=O) groups excluding carboxylic acids is 1. The summed E-state index contributed by atoms with van der Waals surface area (Å²) in [6.07, 6.45) is 1.01. The van der Waals surface area contributed by atoms with Crippen molar-refractivity contribution < 1.29 is 18.1 Å². The van der Waals surface area contributed by atoms with Crippen molar-refractivity contribution in [3.8, 4) is 0 Å². The number of aryl methyl sites for hydroxylation is 2. The molecule has 0 aliphatic carbocycles. The zero-order chi connectivity index (χ0) is 22.3. The third-order valence-electron chi connectivity index (χ3n) is 5.23. The highest BCUT2D eigenvalue weighted by Crippen LogP contribution is 2.22. The highest BCUT2D eigenvalue weighted by Gasteiger charge is 2.22. The molecule has 0 aromatic heterocycles. The van der Waals surface area contributed by atoms with Crippen LogP contribution in [-0.2, 0) is 27.8 Å². The number of anilines is 1. The predicted molar refractivity (Wildman–Crippen MR) is 121 cm³/mol. The highest BCUT2D eigenvalue weighted by molar-refractivity contribution is 7.89. The van der Waals surface area contributed by atoms with Crippen LogP contribution >= 0.6 is 0 Å². The Labute approximate surface area is 180 Å². The molecule has 164 valence electrons. The van der Waals surface area contributed by atoms with E-state index in [1.165, 1.54) is 15.4 Å². The highest BCUT2D eigenvalue weighted by atomic mass is 32.2. The second kappa shape index (κ2) is 10.7. The topological polar surface area (TPSA) is 70.9 Å². The maximum atomic E-state index is 12.8. The van der Waals surface area contributed by atoms with Gasteiger partial charge in [-0.2, -0.15) is 4.31 Å². The number of nitrogens with one attached hydrogen (secondary N) is 2. The molecule has 30 heavy (non-hydrogen) atoms. The Hall–Kier alpha value is -2.22. The van der Waals surface area contributed by atoms with Crippen LogP contribution < -0.4 is 10.2 Å². The SMILES string of the molecule is CCc1ccc(C[NH+](C)CC(=O)Nc2cc(S(=O)(=O)N(CC)CC)ccc2C)cc1. The first-order valence-electron chi connectivity index (χ1n) is 10.5. The van der Waals surface area contributed by atoms with Gasteiger partial charge in [0.1, 0.15) is 6.54 Å². The molecule has 0 aliphatic rings. The number of sulfonamides is 1. The van der Waals surface area contributed by atoms with Crippen molar-refractivity contribution in [2.45, 2.75) is 45.6 Å². The van der Waals surface area contributed by atoms with E-state index in [1.807, 2.05) is 27.8 Å². The van der Waals surface area contributed by atoms with Crippen molar-refractivity contribution in [2.24, 2.45) is 0 Å². The molecule has 0 saturated heterocycles. The summed E-state index contributed by atoms with van der Waals surface area (Å²) in [4.78, 5) is 13.8. The summed E-state index contributed by atoms with van der Waals surface area (Å²) in [5.41, 5.74) is 3.84. The quantitative estimate of drug-likeness (QED) is 0.605. The lowest BCUT2D eigenvalue weighted by Crippen LogP contribution is -3.08. The predicted octanol–water partition coefficient (Wildman–Crippen LogP) is 2.24. The van der Waals surface area contributed by atoms with Crippen LogP contribution in [0.15, 0.2) is 47.4 Å². The van der Waals surface area contributed by atoms with Crippen LogP contribution in [0.1, 0.15) is 37.5 Å². The smallest absolute Gasteiger partial charge is 0.279 e. The fourth-order valence-corrected chi connectivity index (χ4v) is 4.87. The van der Waals surface area contributed by atoms with Crippen molar-refractivity contribution in [3.05, 3.63) is 59.2 Å². The maximum absolute atomic E-state index is 12.8. The van der Waals surface area contributed by atoms with E-state index in [1.54, 1.807) is 18.2 Å². The number of benzene rings is 2. The number of carbonyl (C=O) groups is 1. The molecule has 2 rings (SSSR count). The Morgan fingerprint density at radius 3 is 2.17 bits per heavy atom. The standard InChI is InChI=1S/C23H33N3O3S/c1-6-19-10-12-20(13-11-19)16-25(5)17-23(27)24-22-15-21(14-9-18(22)4)30(28,29)26(7-2)8-3/h9-15H,6-8,16-17H2,1-5H3,(H,24,27)/p+1. The summed E-state index contributed by atoms with van der Waals surface area (Å²) >= 11 is 0. The molecule has 0 saturated carbocycles. The number of hydrogen-bond donors (Lipinski definition) is 2. The Morgan fingerprint density at radius 2 is 1.60 bits per heavy atom. The molecule has 0 aliphatic heterocycles. The molecule has 0 spiro atoms. The second-order valence-corrected chi connectivity index (χ2v) is 9.53. The van der Waals surface area contributed by atoms with E-state index in [2.05, 4.69) is 36.5 Å². The fourth-order valence-electron chi connectivity index (χ4n) is 3.38. The first kappa shape index (κ1) is 24.1. The third-order valence-corrected chi connectivity index (χ3v) is 7.27. The van der Waals surface area contributed by atoms with Gasteiger partial charge in [0.15, 0.2) is 6.54 Å². The summed E-state index contributed by atoms with van der Waals surface area (Å²) in [5, 5.41) is 2.89. The maximum Gasteiger partial charge on any atom is 0.279 e. The van der Waals surface area contributed by atoms with Crippen molar-refractivity contribution in [1.29, 1.82) is 0 Å². The van der Waals surface area contributed by atoms with Gasteiger partial charge in [-0.3, -0.25) is 4.79 Å². The molecule has 0 bridgehead atoms. The summed E-state index contributed by atoms with van der Waals surface area (Å²) in [6, 6.07) is 13.3. The van der Waals surface area contributed by atoms with E-state index in [-0.39, 0.29) is 10.8 Å². The Morgan fingerprint density at radius 1 is 1.00 bits per heavy atom. The monoisotopic (exact) mass is 432 g/mol. The number of nitrogens with zero attached hydrogens (tertiary/aromatic N) is 1. The van der Waals surface area contributed by atoms with Crippen LogP contribution in [-0.4, -0.2) is 45.3 Å². The lowest BCUT2D eigenvalue weighted by molar-refractivity contribution is -0.885. The van der Waals surface area contributed by atoms with Gasteiger partial charge in [-0.15, -0.1) is 0 Å². The fraction of sp³-hybridized carbons (Fsp3) is 0.435. The van der Waals surface area contributed by atoms with Crippen LogP contribution in [0.25, 0.3) is 0 Å². The van der Waals surface area contributed by atoms with Crippen molar-refractivity contribution in [1.82, 2.24) is 4.31 Å². The normalized spacial score (nSPS) is 12.7. The van der Waals surface area contributed by atoms with Crippen LogP contribution in [0.3, 0.4) is 0 Å². The zero-order valence-electron chi connectivity index (χ0n) is 18.7. The summed E-state index contributed by atoms with van der Waals surface area (Å²) in [5.74, 6) is -0.141. The van der Waals surface area contributed by atoms with E-state index in [0.717, 1.165) is 23.4 Å². The van der Waals surface area contributed by atoms with Crippen molar-refractivity contribution in [2.75, 3.05) is 32.0 Å². The summed E-state index contributed by atoms with van der Waals surface area (Å²) in [6.45, 7) is 9.45. The van der Waals surface area contributed by atoms with Crippen molar-refractivity contribution in [3.63, 3.8) is 0 Å².